The number of amides is 1. The number of nitrogens with two attached hydrogens (primary N) is 1. The fraction of sp³-hybridized carbons (Fsp3) is 0.462. The van der Waals surface area contributed by atoms with E-state index in [1.54, 1.807) is 19.1 Å². The highest BCUT2D eigenvalue weighted by molar-refractivity contribution is 6.32. The molecule has 1 aliphatic heterocycles. The number of hydrogen-bond acceptors (Lipinski definition) is 3. The van der Waals surface area contributed by atoms with E-state index in [2.05, 4.69) is 5.32 Å². The molecule has 0 radical (unpaired) electrons. The van der Waals surface area contributed by atoms with Gasteiger partial charge in [0.1, 0.15) is 11.9 Å². The Morgan fingerprint density at radius 3 is 2.72 bits per heavy atom. The van der Waals surface area contributed by atoms with Crippen LogP contribution in [-0.2, 0) is 0 Å². The summed E-state index contributed by atoms with van der Waals surface area (Å²) in [5, 5.41) is 3.79. The molecule has 2 rings (SSSR count). The zero-order chi connectivity index (χ0) is 13.1. The number of halogens is 1. The van der Waals surface area contributed by atoms with Gasteiger partial charge in [0.2, 0.25) is 5.91 Å². The van der Waals surface area contributed by atoms with Crippen LogP contribution in [0, 0.1) is 6.92 Å². The summed E-state index contributed by atoms with van der Waals surface area (Å²) in [5.41, 5.74) is 6.55. The van der Waals surface area contributed by atoms with Crippen LogP contribution in [0.25, 0.3) is 0 Å². The fourth-order valence-electron chi connectivity index (χ4n) is 2.10. The lowest BCUT2D eigenvalue weighted by Crippen LogP contribution is -2.34. The highest BCUT2D eigenvalue weighted by atomic mass is 35.5. The van der Waals surface area contributed by atoms with E-state index in [9.17, 15) is 4.79 Å². The molecule has 18 heavy (non-hydrogen) atoms. The normalized spacial score (nSPS) is 16.6. The molecular weight excluding hydrogens is 252 g/mol. The van der Waals surface area contributed by atoms with Gasteiger partial charge in [0.25, 0.3) is 0 Å². The number of benzene rings is 1. The Bertz CT molecular complexity index is 457. The van der Waals surface area contributed by atoms with Gasteiger partial charge in [0, 0.05) is 5.56 Å². The van der Waals surface area contributed by atoms with Crippen molar-refractivity contribution < 1.29 is 9.53 Å². The highest BCUT2D eigenvalue weighted by Gasteiger charge is 2.17. The van der Waals surface area contributed by atoms with Crippen molar-refractivity contribution in [3.05, 3.63) is 28.3 Å². The van der Waals surface area contributed by atoms with Crippen LogP contribution in [0.4, 0.5) is 0 Å². The fourth-order valence-corrected chi connectivity index (χ4v) is 2.36. The third-order valence-corrected chi connectivity index (χ3v) is 3.42. The second-order valence-electron chi connectivity index (χ2n) is 4.53. The van der Waals surface area contributed by atoms with E-state index in [0.717, 1.165) is 31.5 Å². The second kappa shape index (κ2) is 5.59. The van der Waals surface area contributed by atoms with Crippen LogP contribution in [0.2, 0.25) is 5.02 Å². The summed E-state index contributed by atoms with van der Waals surface area (Å²) in [5.74, 6) is 0.0855. The first kappa shape index (κ1) is 13.2. The van der Waals surface area contributed by atoms with E-state index in [4.69, 9.17) is 22.1 Å². The Labute approximate surface area is 111 Å². The molecular formula is C13H17ClN2O2. The van der Waals surface area contributed by atoms with E-state index in [1.165, 1.54) is 0 Å². The molecule has 1 aliphatic rings. The van der Waals surface area contributed by atoms with Crippen molar-refractivity contribution in [3.8, 4) is 5.75 Å². The second-order valence-corrected chi connectivity index (χ2v) is 4.94. The van der Waals surface area contributed by atoms with Gasteiger partial charge in [-0.05, 0) is 50.6 Å². The van der Waals surface area contributed by atoms with Crippen LogP contribution < -0.4 is 15.8 Å². The topological polar surface area (TPSA) is 64.3 Å². The lowest BCUT2D eigenvalue weighted by Gasteiger charge is -2.24. The van der Waals surface area contributed by atoms with Gasteiger partial charge in [-0.2, -0.15) is 0 Å². The van der Waals surface area contributed by atoms with Gasteiger partial charge in [-0.3, -0.25) is 4.79 Å². The molecule has 1 saturated heterocycles. The van der Waals surface area contributed by atoms with Crippen molar-refractivity contribution >= 4 is 17.5 Å². The van der Waals surface area contributed by atoms with Crippen LogP contribution in [-0.4, -0.2) is 25.1 Å². The number of rotatable bonds is 3. The molecule has 1 fully saturated rings. The van der Waals surface area contributed by atoms with Crippen molar-refractivity contribution in [2.45, 2.75) is 25.9 Å². The van der Waals surface area contributed by atoms with Crippen molar-refractivity contribution in [1.82, 2.24) is 5.32 Å². The minimum Gasteiger partial charge on any atom is -0.489 e. The van der Waals surface area contributed by atoms with Gasteiger partial charge in [0.15, 0.2) is 0 Å². The Morgan fingerprint density at radius 1 is 1.44 bits per heavy atom. The summed E-state index contributed by atoms with van der Waals surface area (Å²) in [4.78, 5) is 11.3. The predicted molar refractivity (Wildman–Crippen MR) is 71.2 cm³/mol. The Balaban J connectivity index is 2.21. The number of carbonyl (C=O) groups is 1. The minimum absolute atomic E-state index is 0.146. The SMILES string of the molecule is Cc1cc(Cl)c(OC2CCNCC2)cc1C(N)=O. The summed E-state index contributed by atoms with van der Waals surface area (Å²) in [6, 6.07) is 3.36. The number of primary amides is 1. The number of carbonyl (C=O) groups excluding carboxylic acids is 1. The van der Waals surface area contributed by atoms with Gasteiger partial charge in [-0.25, -0.2) is 0 Å². The standard InChI is InChI=1S/C13H17ClN2O2/c1-8-6-11(14)12(7-10(8)13(15)17)18-9-2-4-16-5-3-9/h6-7,9,16H,2-5H2,1H3,(H2,15,17). The van der Waals surface area contributed by atoms with Crippen LogP contribution in [0.3, 0.4) is 0 Å². The molecule has 1 aromatic rings. The van der Waals surface area contributed by atoms with Crippen molar-refractivity contribution in [1.29, 1.82) is 0 Å². The number of hydrogen-bond donors (Lipinski definition) is 2. The Kier molecular flexibility index (Phi) is 4.09. The zero-order valence-electron chi connectivity index (χ0n) is 10.3. The van der Waals surface area contributed by atoms with Crippen LogP contribution in [0.5, 0.6) is 5.75 Å². The number of piperidine rings is 1. The van der Waals surface area contributed by atoms with Gasteiger partial charge in [0.05, 0.1) is 5.02 Å². The smallest absolute Gasteiger partial charge is 0.249 e. The molecule has 0 spiro atoms. The van der Waals surface area contributed by atoms with E-state index in [1.807, 2.05) is 0 Å². The van der Waals surface area contributed by atoms with E-state index in [0.29, 0.717) is 16.3 Å². The third kappa shape index (κ3) is 2.94. The average Bonchev–Trinajstić information content (AvgIpc) is 2.33. The first-order chi connectivity index (χ1) is 8.58. The number of nitrogens with one attached hydrogen (secondary N) is 1. The molecule has 98 valence electrons. The number of ether oxygens (including phenoxy) is 1. The zero-order valence-corrected chi connectivity index (χ0v) is 11.1. The molecule has 0 atom stereocenters. The molecule has 0 aromatic heterocycles. The summed E-state index contributed by atoms with van der Waals surface area (Å²) >= 11 is 6.13. The van der Waals surface area contributed by atoms with Gasteiger partial charge >= 0.3 is 0 Å². The highest BCUT2D eigenvalue weighted by Crippen LogP contribution is 2.30. The molecule has 5 heteroatoms. The van der Waals surface area contributed by atoms with Crippen molar-refractivity contribution in [2.24, 2.45) is 5.73 Å². The largest absolute Gasteiger partial charge is 0.489 e. The van der Waals surface area contributed by atoms with Crippen LogP contribution in [0.1, 0.15) is 28.8 Å². The van der Waals surface area contributed by atoms with Gasteiger partial charge in [-0.15, -0.1) is 0 Å². The molecule has 0 aliphatic carbocycles. The predicted octanol–water partition coefficient (Wildman–Crippen LogP) is 1.88. The summed E-state index contributed by atoms with van der Waals surface area (Å²) in [7, 11) is 0. The maximum absolute atomic E-state index is 11.3. The minimum atomic E-state index is -0.459. The molecule has 0 saturated carbocycles. The van der Waals surface area contributed by atoms with Gasteiger partial charge in [-0.1, -0.05) is 11.6 Å². The number of aryl methyl sites for hydroxylation is 1. The lowest BCUT2D eigenvalue weighted by atomic mass is 10.1. The molecule has 1 amide bonds. The molecule has 0 unspecified atom stereocenters. The van der Waals surface area contributed by atoms with Crippen LogP contribution in [0.15, 0.2) is 12.1 Å². The Morgan fingerprint density at radius 2 is 2.11 bits per heavy atom. The Hall–Kier alpha value is -1.26. The lowest BCUT2D eigenvalue weighted by molar-refractivity contribution is 0.0998. The van der Waals surface area contributed by atoms with Crippen molar-refractivity contribution in [2.75, 3.05) is 13.1 Å². The maximum atomic E-state index is 11.3. The maximum Gasteiger partial charge on any atom is 0.249 e. The molecule has 4 nitrogen and oxygen atoms in total. The summed E-state index contributed by atoms with van der Waals surface area (Å²) < 4.78 is 5.85. The molecule has 0 bridgehead atoms. The van der Waals surface area contributed by atoms with Crippen LogP contribution >= 0.6 is 11.6 Å². The molecule has 1 heterocycles. The average molecular weight is 269 g/mol. The van der Waals surface area contributed by atoms with E-state index < -0.39 is 5.91 Å². The summed E-state index contributed by atoms with van der Waals surface area (Å²) in [6.07, 6.45) is 2.03. The molecule has 3 N–H and O–H groups in total. The first-order valence-electron chi connectivity index (χ1n) is 6.05. The van der Waals surface area contributed by atoms with E-state index >= 15 is 0 Å². The summed E-state index contributed by atoms with van der Waals surface area (Å²) in [6.45, 7) is 3.69. The quantitative estimate of drug-likeness (QED) is 0.880. The van der Waals surface area contributed by atoms with Gasteiger partial charge < -0.3 is 15.8 Å². The third-order valence-electron chi connectivity index (χ3n) is 3.12. The monoisotopic (exact) mass is 268 g/mol. The molecule has 1 aromatic carbocycles. The van der Waals surface area contributed by atoms with Crippen molar-refractivity contribution in [3.63, 3.8) is 0 Å². The first-order valence-corrected chi connectivity index (χ1v) is 6.43. The van der Waals surface area contributed by atoms with E-state index in [-0.39, 0.29) is 6.10 Å².